The first-order chi connectivity index (χ1) is 9.66. The molecule has 118 valence electrons. The van der Waals surface area contributed by atoms with Gasteiger partial charge in [0, 0.05) is 21.8 Å². The number of esters is 1. The standard InChI is InChI=1S/C12H13BrCl2O5S/c1-3-19-6-7(2)20-12(16)9-4-8(21(15,17)18)5-10(13)11(9)14/h4-5,7H,3,6H2,1-2H3. The summed E-state index contributed by atoms with van der Waals surface area (Å²) in [7, 11) is 1.28. The van der Waals surface area contributed by atoms with E-state index in [2.05, 4.69) is 15.9 Å². The van der Waals surface area contributed by atoms with Crippen LogP contribution in [-0.2, 0) is 18.5 Å². The minimum atomic E-state index is -3.99. The Morgan fingerprint density at radius 1 is 1.43 bits per heavy atom. The highest BCUT2D eigenvalue weighted by molar-refractivity contribution is 9.10. The van der Waals surface area contributed by atoms with Crippen molar-refractivity contribution in [2.75, 3.05) is 13.2 Å². The molecule has 0 fully saturated rings. The molecule has 1 aromatic rings. The highest BCUT2D eigenvalue weighted by Gasteiger charge is 2.22. The predicted molar refractivity (Wildman–Crippen MR) is 83.6 cm³/mol. The molecule has 0 saturated heterocycles. The maximum Gasteiger partial charge on any atom is 0.340 e. The van der Waals surface area contributed by atoms with E-state index in [1.807, 2.05) is 6.92 Å². The minimum absolute atomic E-state index is 0.0488. The maximum absolute atomic E-state index is 12.0. The van der Waals surface area contributed by atoms with Crippen molar-refractivity contribution in [3.8, 4) is 0 Å². The zero-order valence-corrected chi connectivity index (χ0v) is 15.1. The van der Waals surface area contributed by atoms with Gasteiger partial charge in [-0.15, -0.1) is 0 Å². The van der Waals surface area contributed by atoms with E-state index in [0.717, 1.165) is 6.07 Å². The van der Waals surface area contributed by atoms with E-state index in [0.29, 0.717) is 6.61 Å². The highest BCUT2D eigenvalue weighted by atomic mass is 79.9. The second kappa shape index (κ2) is 7.78. The monoisotopic (exact) mass is 418 g/mol. The van der Waals surface area contributed by atoms with Crippen LogP contribution in [0.1, 0.15) is 24.2 Å². The Hall–Kier alpha value is -0.340. The van der Waals surface area contributed by atoms with Gasteiger partial charge in [0.05, 0.1) is 22.1 Å². The van der Waals surface area contributed by atoms with Gasteiger partial charge in [0.2, 0.25) is 0 Å². The van der Waals surface area contributed by atoms with Crippen molar-refractivity contribution in [1.29, 1.82) is 0 Å². The SMILES string of the molecule is CCOCC(C)OC(=O)c1cc(S(=O)(=O)Cl)cc(Br)c1Cl. The molecule has 1 aromatic carbocycles. The third-order valence-corrected chi connectivity index (χ3v) is 4.96. The van der Waals surface area contributed by atoms with Gasteiger partial charge >= 0.3 is 5.97 Å². The van der Waals surface area contributed by atoms with E-state index in [4.69, 9.17) is 31.8 Å². The number of carbonyl (C=O) groups is 1. The summed E-state index contributed by atoms with van der Waals surface area (Å²) in [6.07, 6.45) is -0.497. The van der Waals surface area contributed by atoms with Crippen LogP contribution in [0.5, 0.6) is 0 Å². The number of carbonyl (C=O) groups excluding carboxylic acids is 1. The van der Waals surface area contributed by atoms with Crippen LogP contribution < -0.4 is 0 Å². The molecule has 21 heavy (non-hydrogen) atoms. The van der Waals surface area contributed by atoms with Gasteiger partial charge in [-0.1, -0.05) is 11.6 Å². The van der Waals surface area contributed by atoms with Gasteiger partial charge in [0.15, 0.2) is 0 Å². The molecule has 0 heterocycles. The van der Waals surface area contributed by atoms with Gasteiger partial charge in [-0.3, -0.25) is 0 Å². The lowest BCUT2D eigenvalue weighted by Gasteiger charge is -2.14. The van der Waals surface area contributed by atoms with E-state index < -0.39 is 21.1 Å². The summed E-state index contributed by atoms with van der Waals surface area (Å²) in [5.74, 6) is -0.755. The van der Waals surface area contributed by atoms with Crippen molar-refractivity contribution in [1.82, 2.24) is 0 Å². The second-order valence-electron chi connectivity index (χ2n) is 4.08. The number of halogens is 3. The Morgan fingerprint density at radius 3 is 2.57 bits per heavy atom. The van der Waals surface area contributed by atoms with E-state index in [1.54, 1.807) is 6.92 Å². The van der Waals surface area contributed by atoms with Gasteiger partial charge in [-0.2, -0.15) is 0 Å². The van der Waals surface area contributed by atoms with Gasteiger partial charge < -0.3 is 9.47 Å². The van der Waals surface area contributed by atoms with Gasteiger partial charge in [0.1, 0.15) is 6.10 Å². The van der Waals surface area contributed by atoms with Gasteiger partial charge in [0.25, 0.3) is 9.05 Å². The third-order valence-electron chi connectivity index (χ3n) is 2.37. The first-order valence-corrected chi connectivity index (χ1v) is 9.37. The number of ether oxygens (including phenoxy) is 2. The molecule has 9 heteroatoms. The Labute approximate surface area is 141 Å². The maximum atomic E-state index is 12.0. The Kier molecular flexibility index (Phi) is 6.93. The van der Waals surface area contributed by atoms with Gasteiger partial charge in [-0.25, -0.2) is 13.2 Å². The minimum Gasteiger partial charge on any atom is -0.457 e. The molecule has 0 N–H and O–H groups in total. The molecule has 1 unspecified atom stereocenters. The number of rotatable bonds is 6. The molecule has 0 aliphatic rings. The summed E-state index contributed by atoms with van der Waals surface area (Å²) in [5.41, 5.74) is -0.0892. The summed E-state index contributed by atoms with van der Waals surface area (Å²) in [5, 5.41) is 0.0488. The molecule has 5 nitrogen and oxygen atoms in total. The van der Waals surface area contributed by atoms with Crippen molar-refractivity contribution in [3.63, 3.8) is 0 Å². The Bertz CT molecular complexity index is 633. The average Bonchev–Trinajstić information content (AvgIpc) is 2.37. The lowest BCUT2D eigenvalue weighted by atomic mass is 10.2. The lowest BCUT2D eigenvalue weighted by molar-refractivity contribution is 0.00438. The molecule has 0 aromatic heterocycles. The molecule has 0 aliphatic heterocycles. The zero-order valence-electron chi connectivity index (χ0n) is 11.2. The molecule has 0 spiro atoms. The normalized spacial score (nSPS) is 13.0. The van der Waals surface area contributed by atoms with E-state index in [1.165, 1.54) is 6.07 Å². The molecular weight excluding hydrogens is 407 g/mol. The van der Waals surface area contributed by atoms with Crippen LogP contribution in [0.2, 0.25) is 5.02 Å². The highest BCUT2D eigenvalue weighted by Crippen LogP contribution is 2.31. The fourth-order valence-corrected chi connectivity index (χ4v) is 3.00. The van der Waals surface area contributed by atoms with E-state index in [-0.39, 0.29) is 26.6 Å². The summed E-state index contributed by atoms with van der Waals surface area (Å²) in [4.78, 5) is 11.8. The summed E-state index contributed by atoms with van der Waals surface area (Å²) >= 11 is 9.06. The van der Waals surface area contributed by atoms with Crippen molar-refractivity contribution in [2.45, 2.75) is 24.8 Å². The van der Waals surface area contributed by atoms with Crippen LogP contribution >= 0.6 is 38.2 Å². The van der Waals surface area contributed by atoms with Crippen molar-refractivity contribution in [3.05, 3.63) is 27.2 Å². The summed E-state index contributed by atoms with van der Waals surface area (Å²) in [6.45, 7) is 4.19. The lowest BCUT2D eigenvalue weighted by Crippen LogP contribution is -2.21. The Morgan fingerprint density at radius 2 is 2.05 bits per heavy atom. The first-order valence-electron chi connectivity index (χ1n) is 5.89. The topological polar surface area (TPSA) is 69.7 Å². The van der Waals surface area contributed by atoms with Crippen LogP contribution in [0.25, 0.3) is 0 Å². The number of benzene rings is 1. The molecule has 0 saturated carbocycles. The van der Waals surface area contributed by atoms with Crippen LogP contribution in [0.15, 0.2) is 21.5 Å². The molecular formula is C12H13BrCl2O5S. The molecule has 0 radical (unpaired) electrons. The van der Waals surface area contributed by atoms with Crippen LogP contribution in [0.4, 0.5) is 0 Å². The van der Waals surface area contributed by atoms with Crippen LogP contribution in [0.3, 0.4) is 0 Å². The van der Waals surface area contributed by atoms with Gasteiger partial charge in [-0.05, 0) is 41.9 Å². The van der Waals surface area contributed by atoms with Crippen LogP contribution in [0, 0.1) is 0 Å². The van der Waals surface area contributed by atoms with E-state index >= 15 is 0 Å². The number of hydrogen-bond acceptors (Lipinski definition) is 5. The molecule has 1 rings (SSSR count). The third kappa shape index (κ3) is 5.41. The fraction of sp³-hybridized carbons (Fsp3) is 0.417. The number of hydrogen-bond donors (Lipinski definition) is 0. The summed E-state index contributed by atoms with van der Waals surface area (Å²) < 4.78 is 33.2. The van der Waals surface area contributed by atoms with E-state index in [9.17, 15) is 13.2 Å². The molecule has 0 amide bonds. The van der Waals surface area contributed by atoms with Crippen molar-refractivity contribution < 1.29 is 22.7 Å². The molecule has 1 atom stereocenters. The van der Waals surface area contributed by atoms with Crippen molar-refractivity contribution in [2.24, 2.45) is 0 Å². The summed E-state index contributed by atoms with van der Waals surface area (Å²) in [6, 6.07) is 2.29. The molecule has 0 bridgehead atoms. The largest absolute Gasteiger partial charge is 0.457 e. The van der Waals surface area contributed by atoms with Crippen LogP contribution in [-0.4, -0.2) is 33.7 Å². The fourth-order valence-electron chi connectivity index (χ4n) is 1.42. The Balaban J connectivity index is 3.06. The first kappa shape index (κ1) is 18.7. The zero-order chi connectivity index (χ0) is 16.2. The second-order valence-corrected chi connectivity index (χ2v) is 7.88. The smallest absolute Gasteiger partial charge is 0.340 e. The van der Waals surface area contributed by atoms with Crippen molar-refractivity contribution >= 4 is 53.2 Å². The quantitative estimate of drug-likeness (QED) is 0.520. The molecule has 0 aliphatic carbocycles. The average molecular weight is 420 g/mol. The predicted octanol–water partition coefficient (Wildman–Crippen LogP) is 3.61.